The molecule has 0 unspecified atom stereocenters. The number of benzene rings is 3. The Morgan fingerprint density at radius 1 is 0.667 bits per heavy atom. The Hall–Kier alpha value is -3.12. The van der Waals surface area contributed by atoms with E-state index in [1.54, 1.807) is 36.4 Å². The molecule has 5 nitrogen and oxygen atoms in total. The first-order chi connectivity index (χ1) is 15.8. The van der Waals surface area contributed by atoms with Gasteiger partial charge in [0.15, 0.2) is 0 Å². The van der Waals surface area contributed by atoms with Crippen LogP contribution >= 0.6 is 34.8 Å². The summed E-state index contributed by atoms with van der Waals surface area (Å²) < 4.78 is 0.665. The Morgan fingerprint density at radius 2 is 1.00 bits per heavy atom. The van der Waals surface area contributed by atoms with E-state index in [1.165, 1.54) is 12.1 Å². The Morgan fingerprint density at radius 3 is 1.33 bits per heavy atom. The van der Waals surface area contributed by atoms with E-state index in [4.69, 9.17) is 39.6 Å². The van der Waals surface area contributed by atoms with E-state index < -0.39 is 23.1 Å². The van der Waals surface area contributed by atoms with Crippen LogP contribution in [-0.2, 0) is 10.2 Å². The Balaban J connectivity index is 1.90. The number of hydrogen-bond acceptors (Lipinski definition) is 4. The number of rotatable bonds is 6. The van der Waals surface area contributed by atoms with E-state index in [9.17, 15) is 15.0 Å². The van der Waals surface area contributed by atoms with Gasteiger partial charge >= 0.3 is 5.97 Å². The quantitative estimate of drug-likeness (QED) is 0.306. The number of halogens is 3. The van der Waals surface area contributed by atoms with Crippen LogP contribution in [0.1, 0.15) is 23.1 Å². The van der Waals surface area contributed by atoms with E-state index >= 15 is 0 Å². The third kappa shape index (κ3) is 4.67. The first-order valence-corrected chi connectivity index (χ1v) is 11.0. The Bertz CT molecular complexity index is 1140. The smallest absolute Gasteiger partial charge is 0.334 e. The highest BCUT2D eigenvalue weighted by Gasteiger charge is 2.40. The molecule has 168 valence electrons. The third-order valence-electron chi connectivity index (χ3n) is 5.41. The Kier molecular flexibility index (Phi) is 6.56. The number of nitrogens with zero attached hydrogens (tertiary/aromatic N) is 1. The molecule has 0 saturated heterocycles. The highest BCUT2D eigenvalue weighted by atomic mass is 35.5. The molecule has 1 aromatic heterocycles. The van der Waals surface area contributed by atoms with Gasteiger partial charge in [0.25, 0.3) is 0 Å². The molecular weight excluding hydrogens is 485 g/mol. The number of carbonyl (C=O) groups excluding carboxylic acids is 1. The molecule has 0 aliphatic carbocycles. The van der Waals surface area contributed by atoms with Crippen LogP contribution < -0.4 is 4.84 Å². The van der Waals surface area contributed by atoms with Crippen molar-refractivity contribution >= 4 is 40.8 Å². The van der Waals surface area contributed by atoms with Gasteiger partial charge in [0.1, 0.15) is 0 Å². The van der Waals surface area contributed by atoms with Crippen LogP contribution in [0.15, 0.2) is 84.9 Å². The second-order valence-electron chi connectivity index (χ2n) is 7.41. The summed E-state index contributed by atoms with van der Waals surface area (Å²) in [7, 11) is 0. The molecule has 1 heterocycles. The fourth-order valence-electron chi connectivity index (χ4n) is 3.86. The Labute approximate surface area is 205 Å². The van der Waals surface area contributed by atoms with E-state index in [0.717, 1.165) is 16.7 Å². The van der Waals surface area contributed by atoms with Crippen molar-refractivity contribution in [2.24, 2.45) is 0 Å². The predicted molar refractivity (Wildman–Crippen MR) is 128 cm³/mol. The van der Waals surface area contributed by atoms with E-state index in [2.05, 4.69) is 0 Å². The van der Waals surface area contributed by atoms with Gasteiger partial charge in [-0.3, -0.25) is 0 Å². The van der Waals surface area contributed by atoms with Gasteiger partial charge < -0.3 is 15.1 Å². The number of aromatic hydroxyl groups is 2. The minimum absolute atomic E-state index is 0.172. The average molecular weight is 503 g/mol. The van der Waals surface area contributed by atoms with Crippen molar-refractivity contribution in [3.8, 4) is 11.8 Å². The molecule has 8 heteroatoms. The van der Waals surface area contributed by atoms with Crippen molar-refractivity contribution in [1.29, 1.82) is 0 Å². The molecule has 3 aromatic carbocycles. The lowest BCUT2D eigenvalue weighted by atomic mass is 9.67. The SMILES string of the molecule is O=C(CC(c1ccc(Cl)cc1)(c1ccc(Cl)cc1)c1ccc(Cl)cc1)On1c(O)ccc1O. The van der Waals surface area contributed by atoms with Crippen LogP contribution in [0.5, 0.6) is 11.8 Å². The molecule has 4 rings (SSSR count). The van der Waals surface area contributed by atoms with Gasteiger partial charge in [-0.05, 0) is 53.1 Å². The summed E-state index contributed by atoms with van der Waals surface area (Å²) in [5.41, 5.74) is 1.30. The van der Waals surface area contributed by atoms with Gasteiger partial charge in [-0.15, -0.1) is 4.73 Å². The molecule has 0 aliphatic heterocycles. The zero-order valence-corrected chi connectivity index (χ0v) is 19.3. The van der Waals surface area contributed by atoms with E-state index in [1.807, 2.05) is 36.4 Å². The standard InChI is InChI=1S/C25H18Cl3NO4/c26-19-7-1-16(2-8-19)25(17-3-9-20(27)10-4-17,18-5-11-21(28)12-6-18)15-24(32)33-29-22(30)13-14-23(29)31/h1-14,30-31H,15H2. The molecule has 0 bridgehead atoms. The first kappa shape index (κ1) is 23.1. The molecular formula is C25H18Cl3NO4. The largest absolute Gasteiger partial charge is 0.492 e. The van der Waals surface area contributed by atoms with Crippen molar-refractivity contribution in [1.82, 2.24) is 4.73 Å². The van der Waals surface area contributed by atoms with Crippen molar-refractivity contribution < 1.29 is 19.8 Å². The van der Waals surface area contributed by atoms with Crippen LogP contribution in [0.3, 0.4) is 0 Å². The molecule has 2 N–H and O–H groups in total. The second-order valence-corrected chi connectivity index (χ2v) is 8.72. The van der Waals surface area contributed by atoms with Gasteiger partial charge in [0.05, 0.1) is 11.8 Å². The van der Waals surface area contributed by atoms with Gasteiger partial charge in [0, 0.05) is 27.2 Å². The monoisotopic (exact) mass is 501 g/mol. The van der Waals surface area contributed by atoms with Crippen molar-refractivity contribution in [3.05, 3.63) is 117 Å². The maximum Gasteiger partial charge on any atom is 0.334 e. The summed E-state index contributed by atoms with van der Waals surface area (Å²) in [6.45, 7) is 0. The minimum Gasteiger partial charge on any atom is -0.492 e. The van der Waals surface area contributed by atoms with Gasteiger partial charge in [0.2, 0.25) is 11.8 Å². The highest BCUT2D eigenvalue weighted by Crippen LogP contribution is 2.43. The zero-order valence-electron chi connectivity index (χ0n) is 17.1. The minimum atomic E-state index is -1.02. The van der Waals surface area contributed by atoms with Crippen LogP contribution in [0.2, 0.25) is 15.1 Å². The molecule has 4 aromatic rings. The molecule has 0 saturated carbocycles. The van der Waals surface area contributed by atoms with E-state index in [0.29, 0.717) is 19.8 Å². The van der Waals surface area contributed by atoms with Crippen LogP contribution in [0.25, 0.3) is 0 Å². The lowest BCUT2D eigenvalue weighted by molar-refractivity contribution is -0.146. The van der Waals surface area contributed by atoms with Crippen LogP contribution in [-0.4, -0.2) is 20.9 Å². The van der Waals surface area contributed by atoms with Crippen molar-refractivity contribution in [2.75, 3.05) is 0 Å². The third-order valence-corrected chi connectivity index (χ3v) is 6.17. The average Bonchev–Trinajstić information content (AvgIpc) is 3.11. The topological polar surface area (TPSA) is 71.7 Å². The second kappa shape index (κ2) is 9.40. The summed E-state index contributed by atoms with van der Waals surface area (Å²) in [6.07, 6.45) is -0.172. The van der Waals surface area contributed by atoms with Crippen LogP contribution in [0, 0.1) is 0 Å². The normalized spacial score (nSPS) is 11.4. The summed E-state index contributed by atoms with van der Waals surface area (Å²) in [6, 6.07) is 23.9. The fourth-order valence-corrected chi connectivity index (χ4v) is 4.23. The lowest BCUT2D eigenvalue weighted by Gasteiger charge is -2.35. The molecule has 0 atom stereocenters. The summed E-state index contributed by atoms with van der Waals surface area (Å²) in [4.78, 5) is 18.5. The van der Waals surface area contributed by atoms with E-state index in [-0.39, 0.29) is 6.42 Å². The molecule has 0 radical (unpaired) electrons. The highest BCUT2D eigenvalue weighted by molar-refractivity contribution is 6.31. The van der Waals surface area contributed by atoms with Gasteiger partial charge in [-0.25, -0.2) is 4.79 Å². The van der Waals surface area contributed by atoms with Crippen molar-refractivity contribution in [2.45, 2.75) is 11.8 Å². The van der Waals surface area contributed by atoms with Crippen LogP contribution in [0.4, 0.5) is 0 Å². The summed E-state index contributed by atoms with van der Waals surface area (Å²) in [5.74, 6) is -1.51. The lowest BCUT2D eigenvalue weighted by Crippen LogP contribution is -2.35. The first-order valence-electron chi connectivity index (χ1n) is 9.88. The number of hydrogen-bond donors (Lipinski definition) is 2. The summed E-state index contributed by atoms with van der Waals surface area (Å²) >= 11 is 18.4. The molecule has 0 spiro atoms. The molecule has 0 aliphatic rings. The molecule has 33 heavy (non-hydrogen) atoms. The predicted octanol–water partition coefficient (Wildman–Crippen LogP) is 6.24. The molecule has 0 amide bonds. The van der Waals surface area contributed by atoms with Gasteiger partial charge in [-0.2, -0.15) is 0 Å². The fraction of sp³-hybridized carbons (Fsp3) is 0.0800. The number of carbonyl (C=O) groups is 1. The van der Waals surface area contributed by atoms with Crippen molar-refractivity contribution in [3.63, 3.8) is 0 Å². The maximum atomic E-state index is 13.2. The zero-order chi connectivity index (χ0) is 23.6. The summed E-state index contributed by atoms with van der Waals surface area (Å²) in [5, 5.41) is 21.4. The van der Waals surface area contributed by atoms with Gasteiger partial charge in [-0.1, -0.05) is 71.2 Å². The molecule has 0 fully saturated rings. The maximum absolute atomic E-state index is 13.2. The number of aromatic nitrogens is 1.